The van der Waals surface area contributed by atoms with Crippen molar-refractivity contribution >= 4 is 35.0 Å². The van der Waals surface area contributed by atoms with Gasteiger partial charge < -0.3 is 15.7 Å². The summed E-state index contributed by atoms with van der Waals surface area (Å²) in [5.74, 6) is -1.49. The predicted molar refractivity (Wildman–Crippen MR) is 139 cm³/mol. The van der Waals surface area contributed by atoms with Gasteiger partial charge in [0.15, 0.2) is 0 Å². The monoisotopic (exact) mass is 484 g/mol. The Bertz CT molecular complexity index is 1290. The topological polar surface area (TPSA) is 128 Å². The van der Waals surface area contributed by atoms with Gasteiger partial charge in [-0.25, -0.2) is 0 Å². The van der Waals surface area contributed by atoms with Gasteiger partial charge >= 0.3 is 5.97 Å². The predicted octanol–water partition coefficient (Wildman–Crippen LogP) is 3.61. The molecule has 3 aromatic carbocycles. The van der Waals surface area contributed by atoms with Gasteiger partial charge in [0.05, 0.1) is 0 Å². The first-order valence-corrected chi connectivity index (χ1v) is 11.8. The lowest BCUT2D eigenvalue weighted by Gasteiger charge is -2.31. The molecule has 184 valence electrons. The largest absolute Gasteiger partial charge is 0.480 e. The minimum absolute atomic E-state index is 0.00194. The number of aryl methyl sites for hydroxylation is 2. The number of carbonyl (C=O) groups is 3. The number of carboxylic acid groups (broad SMARTS) is 1. The number of amides is 2. The number of hydrogen-bond donors (Lipinski definition) is 3. The van der Waals surface area contributed by atoms with Crippen LogP contribution in [0.5, 0.6) is 0 Å². The Balaban J connectivity index is 1.52. The molecule has 4 N–H and O–H groups in total. The summed E-state index contributed by atoms with van der Waals surface area (Å²) >= 11 is 0. The molecule has 1 heterocycles. The van der Waals surface area contributed by atoms with Crippen LogP contribution in [-0.4, -0.2) is 41.8 Å². The van der Waals surface area contributed by atoms with Crippen LogP contribution in [0.4, 0.5) is 11.4 Å². The third-order valence-corrected chi connectivity index (χ3v) is 6.25. The van der Waals surface area contributed by atoms with Crippen molar-refractivity contribution in [1.29, 1.82) is 5.41 Å². The Kier molecular flexibility index (Phi) is 7.44. The maximum atomic E-state index is 13.1. The van der Waals surface area contributed by atoms with Gasteiger partial charge in [-0.05, 0) is 60.7 Å². The van der Waals surface area contributed by atoms with E-state index in [0.29, 0.717) is 36.2 Å². The summed E-state index contributed by atoms with van der Waals surface area (Å²) in [7, 11) is 0. The standard InChI is InChI=1S/C28H28N4O4/c29-27(30)20-11-8-19(9-12-20)10-15-25(33)31-16-4-7-22-17-23(13-14-24(22)31)32(18-26(34)35)28(36)21-5-2-1-3-6-21/h1-3,5-6,8-9,11-14,17H,4,7,10,15-16,18H2,(H3,29,30)(H,34,35). The Hall–Kier alpha value is -4.46. The zero-order valence-corrected chi connectivity index (χ0v) is 19.8. The summed E-state index contributed by atoms with van der Waals surface area (Å²) < 4.78 is 0. The molecule has 0 saturated carbocycles. The van der Waals surface area contributed by atoms with Gasteiger partial charge in [0.25, 0.3) is 5.91 Å². The maximum absolute atomic E-state index is 13.1. The molecule has 0 atom stereocenters. The van der Waals surface area contributed by atoms with Crippen LogP contribution in [0.3, 0.4) is 0 Å². The van der Waals surface area contributed by atoms with E-state index in [4.69, 9.17) is 11.1 Å². The summed E-state index contributed by atoms with van der Waals surface area (Å²) in [4.78, 5) is 40.7. The number of anilines is 2. The fraction of sp³-hybridized carbons (Fsp3) is 0.214. The molecular formula is C28H28N4O4. The number of nitrogens with zero attached hydrogens (tertiary/aromatic N) is 2. The number of fused-ring (bicyclic) bond motifs is 1. The van der Waals surface area contributed by atoms with E-state index in [2.05, 4.69) is 0 Å². The molecule has 3 aromatic rings. The summed E-state index contributed by atoms with van der Waals surface area (Å²) in [6, 6.07) is 21.2. The lowest BCUT2D eigenvalue weighted by atomic mass is 9.99. The van der Waals surface area contributed by atoms with Crippen LogP contribution in [-0.2, 0) is 22.4 Å². The van der Waals surface area contributed by atoms with E-state index in [9.17, 15) is 19.5 Å². The van der Waals surface area contributed by atoms with E-state index in [1.807, 2.05) is 18.2 Å². The van der Waals surface area contributed by atoms with Gasteiger partial charge in [-0.15, -0.1) is 0 Å². The van der Waals surface area contributed by atoms with Crippen LogP contribution in [0.1, 0.15) is 39.9 Å². The van der Waals surface area contributed by atoms with Crippen LogP contribution >= 0.6 is 0 Å². The average molecular weight is 485 g/mol. The number of hydrogen-bond acceptors (Lipinski definition) is 4. The quantitative estimate of drug-likeness (QED) is 0.332. The number of carbonyl (C=O) groups excluding carboxylic acids is 2. The normalized spacial score (nSPS) is 12.5. The van der Waals surface area contributed by atoms with Crippen molar-refractivity contribution in [3.8, 4) is 0 Å². The molecule has 1 aliphatic heterocycles. The second kappa shape index (κ2) is 10.9. The zero-order valence-electron chi connectivity index (χ0n) is 19.8. The molecule has 2 amide bonds. The lowest BCUT2D eigenvalue weighted by Crippen LogP contribution is -2.37. The summed E-state index contributed by atoms with van der Waals surface area (Å²) in [6.07, 6.45) is 2.41. The number of nitrogens with two attached hydrogens (primary N) is 1. The molecule has 0 aliphatic carbocycles. The number of nitrogen functional groups attached to an aromatic ring is 1. The minimum Gasteiger partial charge on any atom is -0.480 e. The Morgan fingerprint density at radius 1 is 0.972 bits per heavy atom. The van der Waals surface area contributed by atoms with E-state index in [0.717, 1.165) is 29.7 Å². The van der Waals surface area contributed by atoms with E-state index in [1.165, 1.54) is 4.90 Å². The number of amidine groups is 1. The van der Waals surface area contributed by atoms with E-state index < -0.39 is 18.4 Å². The minimum atomic E-state index is -1.11. The highest BCUT2D eigenvalue weighted by molar-refractivity contribution is 6.08. The van der Waals surface area contributed by atoms with Crippen molar-refractivity contribution in [3.05, 3.63) is 95.1 Å². The smallest absolute Gasteiger partial charge is 0.323 e. The Labute approximate surface area is 209 Å². The molecule has 0 fully saturated rings. The number of rotatable bonds is 8. The van der Waals surface area contributed by atoms with E-state index >= 15 is 0 Å². The van der Waals surface area contributed by atoms with Crippen molar-refractivity contribution in [2.24, 2.45) is 5.73 Å². The molecule has 0 saturated heterocycles. The molecule has 0 bridgehead atoms. The third-order valence-electron chi connectivity index (χ3n) is 6.25. The van der Waals surface area contributed by atoms with Crippen LogP contribution in [0, 0.1) is 5.41 Å². The second-order valence-corrected chi connectivity index (χ2v) is 8.72. The Morgan fingerprint density at radius 2 is 1.69 bits per heavy atom. The summed E-state index contributed by atoms with van der Waals surface area (Å²) in [5, 5.41) is 16.9. The van der Waals surface area contributed by atoms with Crippen LogP contribution < -0.4 is 15.5 Å². The molecule has 1 aliphatic rings. The Morgan fingerprint density at radius 3 is 2.36 bits per heavy atom. The van der Waals surface area contributed by atoms with Gasteiger partial charge in [0.1, 0.15) is 12.4 Å². The van der Waals surface area contributed by atoms with E-state index in [-0.39, 0.29) is 11.7 Å². The van der Waals surface area contributed by atoms with Gasteiger partial charge in [0.2, 0.25) is 5.91 Å². The molecular weight excluding hydrogens is 456 g/mol. The van der Waals surface area contributed by atoms with Gasteiger partial charge in [0, 0.05) is 35.5 Å². The summed E-state index contributed by atoms with van der Waals surface area (Å²) in [6.45, 7) is 0.147. The molecule has 4 rings (SSSR count). The maximum Gasteiger partial charge on any atom is 0.323 e. The zero-order chi connectivity index (χ0) is 25.7. The molecule has 8 heteroatoms. The summed E-state index contributed by atoms with van der Waals surface area (Å²) in [5.41, 5.74) is 9.74. The fourth-order valence-corrected chi connectivity index (χ4v) is 4.40. The number of benzene rings is 3. The number of aliphatic carboxylic acids is 1. The molecule has 8 nitrogen and oxygen atoms in total. The van der Waals surface area contributed by atoms with Crippen molar-refractivity contribution in [3.63, 3.8) is 0 Å². The average Bonchev–Trinajstić information content (AvgIpc) is 2.90. The van der Waals surface area contributed by atoms with Crippen molar-refractivity contribution < 1.29 is 19.5 Å². The van der Waals surface area contributed by atoms with Crippen LogP contribution in [0.2, 0.25) is 0 Å². The first-order valence-electron chi connectivity index (χ1n) is 11.8. The first kappa shape index (κ1) is 24.7. The van der Waals surface area contributed by atoms with Crippen molar-refractivity contribution in [1.82, 2.24) is 0 Å². The molecule has 36 heavy (non-hydrogen) atoms. The van der Waals surface area contributed by atoms with Crippen molar-refractivity contribution in [2.75, 3.05) is 22.9 Å². The second-order valence-electron chi connectivity index (χ2n) is 8.72. The number of nitrogens with one attached hydrogen (secondary N) is 1. The van der Waals surface area contributed by atoms with Crippen LogP contribution in [0.15, 0.2) is 72.8 Å². The van der Waals surface area contributed by atoms with Crippen molar-refractivity contribution in [2.45, 2.75) is 25.7 Å². The molecule has 0 radical (unpaired) electrons. The highest BCUT2D eigenvalue weighted by Crippen LogP contribution is 2.32. The highest BCUT2D eigenvalue weighted by Gasteiger charge is 2.26. The van der Waals surface area contributed by atoms with Crippen LogP contribution in [0.25, 0.3) is 0 Å². The number of carboxylic acids is 1. The SMILES string of the molecule is N=C(N)c1ccc(CCC(=O)N2CCCc3cc(N(CC(=O)O)C(=O)c4ccccc4)ccc32)cc1. The third kappa shape index (κ3) is 5.60. The first-order chi connectivity index (χ1) is 17.3. The highest BCUT2D eigenvalue weighted by atomic mass is 16.4. The molecule has 0 aromatic heterocycles. The van der Waals surface area contributed by atoms with E-state index in [1.54, 1.807) is 59.5 Å². The molecule has 0 spiro atoms. The fourth-order valence-electron chi connectivity index (χ4n) is 4.40. The van der Waals surface area contributed by atoms with Gasteiger partial charge in [-0.2, -0.15) is 0 Å². The van der Waals surface area contributed by atoms with Gasteiger partial charge in [-0.3, -0.25) is 24.7 Å². The van der Waals surface area contributed by atoms with Gasteiger partial charge in [-0.1, -0.05) is 42.5 Å². The molecule has 0 unspecified atom stereocenters. The lowest BCUT2D eigenvalue weighted by molar-refractivity contribution is -0.135.